The molecule has 0 aromatic heterocycles. The second-order valence-corrected chi connectivity index (χ2v) is 5.40. The smallest absolute Gasteiger partial charge is 0.337 e. The number of esters is 1. The highest BCUT2D eigenvalue weighted by Crippen LogP contribution is 2.24. The predicted octanol–water partition coefficient (Wildman–Crippen LogP) is 2.11. The summed E-state index contributed by atoms with van der Waals surface area (Å²) in [6.45, 7) is 1.03. The van der Waals surface area contributed by atoms with Crippen LogP contribution in [0.4, 0.5) is 0 Å². The number of benzene rings is 1. The van der Waals surface area contributed by atoms with Crippen LogP contribution in [-0.2, 0) is 11.3 Å². The summed E-state index contributed by atoms with van der Waals surface area (Å²) in [6.07, 6.45) is 4.69. The first-order chi connectivity index (χ1) is 9.74. The first kappa shape index (κ1) is 15.0. The maximum absolute atomic E-state index is 11.3. The third kappa shape index (κ3) is 3.81. The van der Waals surface area contributed by atoms with E-state index in [9.17, 15) is 9.90 Å². The third-order valence-corrected chi connectivity index (χ3v) is 4.09. The van der Waals surface area contributed by atoms with Gasteiger partial charge in [-0.15, -0.1) is 0 Å². The van der Waals surface area contributed by atoms with Crippen molar-refractivity contribution in [2.24, 2.45) is 5.92 Å². The van der Waals surface area contributed by atoms with E-state index >= 15 is 0 Å². The van der Waals surface area contributed by atoms with Crippen LogP contribution in [0.15, 0.2) is 24.3 Å². The Kier molecular flexibility index (Phi) is 5.56. The number of methoxy groups -OCH3 is 1. The first-order valence-electron chi connectivity index (χ1n) is 7.26. The molecule has 0 saturated heterocycles. The molecule has 0 radical (unpaired) electrons. The molecule has 1 saturated carbocycles. The Balaban J connectivity index is 1.88. The van der Waals surface area contributed by atoms with Crippen molar-refractivity contribution in [1.82, 2.24) is 5.32 Å². The average molecular weight is 277 g/mol. The monoisotopic (exact) mass is 277 g/mol. The number of rotatable bonds is 5. The summed E-state index contributed by atoms with van der Waals surface area (Å²) in [5.41, 5.74) is 1.71. The molecule has 0 heterocycles. The number of aliphatic hydroxyl groups is 1. The van der Waals surface area contributed by atoms with Gasteiger partial charge in [0.1, 0.15) is 0 Å². The first-order valence-corrected chi connectivity index (χ1v) is 7.26. The van der Waals surface area contributed by atoms with Gasteiger partial charge in [-0.05, 0) is 36.5 Å². The van der Waals surface area contributed by atoms with Gasteiger partial charge in [0.05, 0.1) is 12.7 Å². The average Bonchev–Trinajstić information content (AvgIpc) is 2.53. The molecule has 1 aliphatic rings. The van der Waals surface area contributed by atoms with E-state index in [1.54, 1.807) is 12.1 Å². The molecular weight excluding hydrogens is 254 g/mol. The molecule has 2 N–H and O–H groups in total. The quantitative estimate of drug-likeness (QED) is 0.809. The number of ether oxygens (including phenoxy) is 1. The van der Waals surface area contributed by atoms with Gasteiger partial charge in [0.15, 0.2) is 0 Å². The number of carbonyl (C=O) groups is 1. The second kappa shape index (κ2) is 7.41. The van der Waals surface area contributed by atoms with Gasteiger partial charge in [0.25, 0.3) is 0 Å². The number of hydrogen-bond donors (Lipinski definition) is 2. The predicted molar refractivity (Wildman–Crippen MR) is 77.5 cm³/mol. The highest BCUT2D eigenvalue weighted by molar-refractivity contribution is 5.89. The minimum Gasteiger partial charge on any atom is -0.465 e. The molecule has 0 bridgehead atoms. The van der Waals surface area contributed by atoms with Crippen LogP contribution in [0.5, 0.6) is 0 Å². The van der Waals surface area contributed by atoms with Crippen LogP contribution < -0.4 is 5.32 Å². The summed E-state index contributed by atoms with van der Waals surface area (Å²) in [7, 11) is 1.38. The van der Waals surface area contributed by atoms with E-state index in [2.05, 4.69) is 10.1 Å². The zero-order valence-corrected chi connectivity index (χ0v) is 12.0. The Bertz CT molecular complexity index is 430. The maximum Gasteiger partial charge on any atom is 0.337 e. The van der Waals surface area contributed by atoms with Gasteiger partial charge in [0.2, 0.25) is 0 Å². The Morgan fingerprint density at radius 1 is 1.30 bits per heavy atom. The Morgan fingerprint density at radius 3 is 2.65 bits per heavy atom. The third-order valence-electron chi connectivity index (χ3n) is 4.09. The van der Waals surface area contributed by atoms with Gasteiger partial charge >= 0.3 is 5.97 Å². The maximum atomic E-state index is 11.3. The fraction of sp³-hybridized carbons (Fsp3) is 0.562. The van der Waals surface area contributed by atoms with E-state index < -0.39 is 0 Å². The summed E-state index contributed by atoms with van der Waals surface area (Å²) >= 11 is 0. The molecule has 0 amide bonds. The largest absolute Gasteiger partial charge is 0.465 e. The van der Waals surface area contributed by atoms with Crippen molar-refractivity contribution < 1.29 is 14.6 Å². The molecule has 110 valence electrons. The SMILES string of the molecule is COC(=O)c1ccc(CNC2CCCCC2CO)cc1. The minimum absolute atomic E-state index is 0.263. The van der Waals surface area contributed by atoms with E-state index in [4.69, 9.17) is 0 Å². The molecule has 4 heteroatoms. The highest BCUT2D eigenvalue weighted by atomic mass is 16.5. The number of nitrogens with one attached hydrogen (secondary N) is 1. The minimum atomic E-state index is -0.308. The summed E-state index contributed by atoms with van der Waals surface area (Å²) in [5.74, 6) is 0.0650. The Hall–Kier alpha value is -1.39. The standard InChI is InChI=1S/C16H23NO3/c1-20-16(19)13-8-6-12(7-9-13)10-17-15-5-3-2-4-14(15)11-18/h6-9,14-15,17-18H,2-5,10-11H2,1H3. The summed E-state index contributed by atoms with van der Waals surface area (Å²) in [5, 5.41) is 12.9. The molecule has 1 aliphatic carbocycles. The van der Waals surface area contributed by atoms with Crippen LogP contribution in [0.1, 0.15) is 41.6 Å². The fourth-order valence-electron chi connectivity index (χ4n) is 2.82. The lowest BCUT2D eigenvalue weighted by Gasteiger charge is -2.31. The van der Waals surface area contributed by atoms with E-state index in [-0.39, 0.29) is 12.6 Å². The Labute approximate surface area is 120 Å². The van der Waals surface area contributed by atoms with Gasteiger partial charge < -0.3 is 15.2 Å². The molecule has 2 rings (SSSR count). The molecular formula is C16H23NO3. The summed E-state index contributed by atoms with van der Waals surface area (Å²) in [6, 6.07) is 7.85. The van der Waals surface area contributed by atoms with Crippen LogP contribution in [0, 0.1) is 5.92 Å². The topological polar surface area (TPSA) is 58.6 Å². The van der Waals surface area contributed by atoms with Crippen LogP contribution >= 0.6 is 0 Å². The molecule has 1 aromatic rings. The normalized spacial score (nSPS) is 22.5. The molecule has 0 aliphatic heterocycles. The summed E-state index contributed by atoms with van der Waals surface area (Å²) < 4.78 is 4.68. The van der Waals surface area contributed by atoms with Gasteiger partial charge in [-0.1, -0.05) is 25.0 Å². The zero-order chi connectivity index (χ0) is 14.4. The Morgan fingerprint density at radius 2 is 2.00 bits per heavy atom. The summed E-state index contributed by atoms with van der Waals surface area (Å²) in [4.78, 5) is 11.3. The molecule has 2 atom stereocenters. The van der Waals surface area contributed by atoms with Crippen molar-refractivity contribution >= 4 is 5.97 Å². The van der Waals surface area contributed by atoms with Gasteiger partial charge in [-0.25, -0.2) is 4.79 Å². The zero-order valence-electron chi connectivity index (χ0n) is 12.0. The number of aliphatic hydroxyl groups excluding tert-OH is 1. The van der Waals surface area contributed by atoms with E-state index in [0.717, 1.165) is 24.9 Å². The number of carbonyl (C=O) groups excluding carboxylic acids is 1. The van der Waals surface area contributed by atoms with Crippen LogP contribution in [0.25, 0.3) is 0 Å². The highest BCUT2D eigenvalue weighted by Gasteiger charge is 2.23. The fourth-order valence-corrected chi connectivity index (χ4v) is 2.82. The molecule has 20 heavy (non-hydrogen) atoms. The number of hydrogen-bond acceptors (Lipinski definition) is 4. The lowest BCUT2D eigenvalue weighted by Crippen LogP contribution is -2.39. The van der Waals surface area contributed by atoms with Crippen LogP contribution in [0.3, 0.4) is 0 Å². The van der Waals surface area contributed by atoms with Crippen molar-refractivity contribution in [3.63, 3.8) is 0 Å². The molecule has 4 nitrogen and oxygen atoms in total. The van der Waals surface area contributed by atoms with Crippen LogP contribution in [-0.4, -0.2) is 30.8 Å². The second-order valence-electron chi connectivity index (χ2n) is 5.40. The van der Waals surface area contributed by atoms with E-state index in [1.165, 1.54) is 20.0 Å². The molecule has 0 spiro atoms. The van der Waals surface area contributed by atoms with Crippen molar-refractivity contribution in [2.45, 2.75) is 38.3 Å². The van der Waals surface area contributed by atoms with Crippen molar-refractivity contribution in [1.29, 1.82) is 0 Å². The molecule has 1 aromatic carbocycles. The van der Waals surface area contributed by atoms with Crippen molar-refractivity contribution in [3.05, 3.63) is 35.4 Å². The lowest BCUT2D eigenvalue weighted by molar-refractivity contribution is 0.0600. The van der Waals surface area contributed by atoms with Gasteiger partial charge in [-0.2, -0.15) is 0 Å². The lowest BCUT2D eigenvalue weighted by atomic mass is 9.85. The van der Waals surface area contributed by atoms with Crippen molar-refractivity contribution in [2.75, 3.05) is 13.7 Å². The molecule has 2 unspecified atom stereocenters. The molecule has 1 fully saturated rings. The van der Waals surface area contributed by atoms with Gasteiger partial charge in [0, 0.05) is 19.2 Å². The van der Waals surface area contributed by atoms with E-state index in [0.29, 0.717) is 17.5 Å². The van der Waals surface area contributed by atoms with Gasteiger partial charge in [-0.3, -0.25) is 0 Å². The van der Waals surface area contributed by atoms with Crippen molar-refractivity contribution in [3.8, 4) is 0 Å². The van der Waals surface area contributed by atoms with Crippen LogP contribution in [0.2, 0.25) is 0 Å². The van der Waals surface area contributed by atoms with E-state index in [1.807, 2.05) is 12.1 Å².